The van der Waals surface area contributed by atoms with Crippen LogP contribution in [0.3, 0.4) is 0 Å². The number of hydrogen-bond donors (Lipinski definition) is 1. The van der Waals surface area contributed by atoms with Gasteiger partial charge in [-0.2, -0.15) is 0 Å². The summed E-state index contributed by atoms with van der Waals surface area (Å²) >= 11 is 12.1. The zero-order valence-electron chi connectivity index (χ0n) is 11.3. The zero-order chi connectivity index (χ0) is 14.0. The second-order valence-corrected chi connectivity index (χ2v) is 6.32. The highest BCUT2D eigenvalue weighted by Gasteiger charge is 2.31. The van der Waals surface area contributed by atoms with Crippen LogP contribution >= 0.6 is 23.2 Å². The molecule has 19 heavy (non-hydrogen) atoms. The van der Waals surface area contributed by atoms with E-state index in [9.17, 15) is 0 Å². The minimum atomic E-state index is -0.137. The number of morpholine rings is 1. The molecule has 1 aromatic rings. The van der Waals surface area contributed by atoms with Crippen LogP contribution in [-0.4, -0.2) is 36.7 Å². The molecule has 2 rings (SSSR count). The summed E-state index contributed by atoms with van der Waals surface area (Å²) in [5.41, 5.74) is 6.92. The van der Waals surface area contributed by atoms with Crippen molar-refractivity contribution in [2.75, 3.05) is 26.2 Å². The Hall–Kier alpha value is -0.320. The molecule has 0 aromatic heterocycles. The third-order valence-corrected chi connectivity index (χ3v) is 4.19. The molecule has 3 nitrogen and oxygen atoms in total. The number of nitrogens with two attached hydrogens (primary N) is 1. The molecule has 0 amide bonds. The number of ether oxygens (including phenoxy) is 1. The summed E-state index contributed by atoms with van der Waals surface area (Å²) in [7, 11) is 0. The first kappa shape index (κ1) is 15.1. The van der Waals surface area contributed by atoms with E-state index in [4.69, 9.17) is 33.7 Å². The monoisotopic (exact) mass is 302 g/mol. The normalized spacial score (nSPS) is 21.3. The van der Waals surface area contributed by atoms with E-state index in [1.165, 1.54) is 0 Å². The predicted molar refractivity (Wildman–Crippen MR) is 79.9 cm³/mol. The van der Waals surface area contributed by atoms with E-state index in [0.717, 1.165) is 25.3 Å². The van der Waals surface area contributed by atoms with Gasteiger partial charge < -0.3 is 10.5 Å². The van der Waals surface area contributed by atoms with Crippen molar-refractivity contribution in [3.63, 3.8) is 0 Å². The standard InChI is InChI=1S/C14H20Cl2N2O/c1-14(2)9-18(5-6-19-14)13(8-17)10-3-4-11(15)12(16)7-10/h3-4,7,13H,5-6,8-9,17H2,1-2H3. The Bertz CT molecular complexity index is 451. The number of rotatable bonds is 3. The molecule has 1 fully saturated rings. The summed E-state index contributed by atoms with van der Waals surface area (Å²) in [6.07, 6.45) is 0. The molecule has 5 heteroatoms. The second kappa shape index (κ2) is 5.98. The van der Waals surface area contributed by atoms with Gasteiger partial charge in [0, 0.05) is 25.7 Å². The van der Waals surface area contributed by atoms with Crippen molar-refractivity contribution in [1.82, 2.24) is 4.90 Å². The van der Waals surface area contributed by atoms with Crippen molar-refractivity contribution >= 4 is 23.2 Å². The molecule has 0 saturated carbocycles. The van der Waals surface area contributed by atoms with Gasteiger partial charge in [-0.25, -0.2) is 0 Å². The van der Waals surface area contributed by atoms with Gasteiger partial charge in [-0.15, -0.1) is 0 Å². The van der Waals surface area contributed by atoms with E-state index < -0.39 is 0 Å². The number of halogens is 2. The van der Waals surface area contributed by atoms with Gasteiger partial charge in [0.05, 0.1) is 22.3 Å². The Morgan fingerprint density at radius 1 is 1.37 bits per heavy atom. The molecule has 0 bridgehead atoms. The van der Waals surface area contributed by atoms with Crippen LogP contribution in [0.25, 0.3) is 0 Å². The molecule has 0 spiro atoms. The van der Waals surface area contributed by atoms with E-state index in [0.29, 0.717) is 16.6 Å². The summed E-state index contributed by atoms with van der Waals surface area (Å²) in [4.78, 5) is 2.35. The fraction of sp³-hybridized carbons (Fsp3) is 0.571. The average Bonchev–Trinajstić information content (AvgIpc) is 2.33. The van der Waals surface area contributed by atoms with E-state index in [1.54, 1.807) is 0 Å². The highest BCUT2D eigenvalue weighted by atomic mass is 35.5. The highest BCUT2D eigenvalue weighted by Crippen LogP contribution is 2.30. The Balaban J connectivity index is 2.21. The molecule has 0 radical (unpaired) electrons. The molecule has 106 valence electrons. The van der Waals surface area contributed by atoms with Crippen molar-refractivity contribution in [3.05, 3.63) is 33.8 Å². The summed E-state index contributed by atoms with van der Waals surface area (Å²) in [6.45, 7) is 7.21. The molecule has 1 atom stereocenters. The van der Waals surface area contributed by atoms with Crippen LogP contribution < -0.4 is 5.73 Å². The molecule has 1 aromatic carbocycles. The Kier molecular flexibility index (Phi) is 4.75. The lowest BCUT2D eigenvalue weighted by molar-refractivity contribution is -0.0967. The SMILES string of the molecule is CC1(C)CN(C(CN)c2ccc(Cl)c(Cl)c2)CCO1. The first-order valence-electron chi connectivity index (χ1n) is 6.46. The summed E-state index contributed by atoms with van der Waals surface area (Å²) < 4.78 is 5.74. The van der Waals surface area contributed by atoms with E-state index in [-0.39, 0.29) is 11.6 Å². The highest BCUT2D eigenvalue weighted by molar-refractivity contribution is 6.42. The summed E-state index contributed by atoms with van der Waals surface area (Å²) in [5, 5.41) is 1.15. The Morgan fingerprint density at radius 2 is 2.11 bits per heavy atom. The molecule has 2 N–H and O–H groups in total. The molecule has 1 unspecified atom stereocenters. The zero-order valence-corrected chi connectivity index (χ0v) is 12.8. The van der Waals surface area contributed by atoms with Crippen LogP contribution in [0.1, 0.15) is 25.5 Å². The molecular formula is C14H20Cl2N2O. The van der Waals surface area contributed by atoms with Crippen molar-refractivity contribution in [2.24, 2.45) is 5.73 Å². The fourth-order valence-electron chi connectivity index (χ4n) is 2.53. The Labute approximate surface area is 124 Å². The lowest BCUT2D eigenvalue weighted by atomic mass is 10.0. The first-order chi connectivity index (χ1) is 8.93. The van der Waals surface area contributed by atoms with Gasteiger partial charge in [0.25, 0.3) is 0 Å². The van der Waals surface area contributed by atoms with Gasteiger partial charge in [-0.3, -0.25) is 4.90 Å². The maximum absolute atomic E-state index is 6.09. The van der Waals surface area contributed by atoms with Crippen LogP contribution in [-0.2, 0) is 4.74 Å². The van der Waals surface area contributed by atoms with Gasteiger partial charge in [0.2, 0.25) is 0 Å². The van der Waals surface area contributed by atoms with Gasteiger partial charge in [0.15, 0.2) is 0 Å². The van der Waals surface area contributed by atoms with Gasteiger partial charge >= 0.3 is 0 Å². The third-order valence-electron chi connectivity index (χ3n) is 3.45. The quantitative estimate of drug-likeness (QED) is 0.932. The number of nitrogens with zero attached hydrogens (tertiary/aromatic N) is 1. The van der Waals surface area contributed by atoms with Gasteiger partial charge in [0.1, 0.15) is 0 Å². The van der Waals surface area contributed by atoms with Crippen LogP contribution in [0.4, 0.5) is 0 Å². The summed E-state index contributed by atoms with van der Waals surface area (Å²) in [5.74, 6) is 0. The van der Waals surface area contributed by atoms with Crippen LogP contribution in [0.5, 0.6) is 0 Å². The fourth-order valence-corrected chi connectivity index (χ4v) is 2.84. The van der Waals surface area contributed by atoms with Crippen LogP contribution in [0.15, 0.2) is 18.2 Å². The topological polar surface area (TPSA) is 38.5 Å². The summed E-state index contributed by atoms with van der Waals surface area (Å²) in [6, 6.07) is 5.88. The number of hydrogen-bond acceptors (Lipinski definition) is 3. The maximum atomic E-state index is 6.09. The van der Waals surface area contributed by atoms with Crippen LogP contribution in [0.2, 0.25) is 10.0 Å². The second-order valence-electron chi connectivity index (χ2n) is 5.50. The molecular weight excluding hydrogens is 283 g/mol. The smallest absolute Gasteiger partial charge is 0.0753 e. The van der Waals surface area contributed by atoms with Crippen molar-refractivity contribution in [3.8, 4) is 0 Å². The van der Waals surface area contributed by atoms with E-state index in [2.05, 4.69) is 18.7 Å². The lowest BCUT2D eigenvalue weighted by Gasteiger charge is -2.42. The Morgan fingerprint density at radius 3 is 2.68 bits per heavy atom. The lowest BCUT2D eigenvalue weighted by Crippen LogP contribution is -2.50. The van der Waals surface area contributed by atoms with Gasteiger partial charge in [-0.1, -0.05) is 29.3 Å². The van der Waals surface area contributed by atoms with Crippen LogP contribution in [0, 0.1) is 0 Å². The molecule has 1 saturated heterocycles. The minimum absolute atomic E-state index is 0.137. The number of benzene rings is 1. The molecule has 1 heterocycles. The van der Waals surface area contributed by atoms with E-state index in [1.807, 2.05) is 18.2 Å². The van der Waals surface area contributed by atoms with Crippen molar-refractivity contribution in [2.45, 2.75) is 25.5 Å². The van der Waals surface area contributed by atoms with Crippen molar-refractivity contribution in [1.29, 1.82) is 0 Å². The molecule has 0 aliphatic carbocycles. The van der Waals surface area contributed by atoms with Crippen molar-refractivity contribution < 1.29 is 4.74 Å². The maximum Gasteiger partial charge on any atom is 0.0753 e. The average molecular weight is 303 g/mol. The first-order valence-corrected chi connectivity index (χ1v) is 7.21. The molecule has 1 aliphatic rings. The predicted octanol–water partition coefficient (Wildman–Crippen LogP) is 3.10. The van der Waals surface area contributed by atoms with Gasteiger partial charge in [-0.05, 0) is 31.5 Å². The third kappa shape index (κ3) is 3.61. The minimum Gasteiger partial charge on any atom is -0.373 e. The largest absolute Gasteiger partial charge is 0.373 e. The van der Waals surface area contributed by atoms with E-state index >= 15 is 0 Å². The molecule has 1 aliphatic heterocycles.